The highest BCUT2D eigenvalue weighted by atomic mass is 35.5. The minimum absolute atomic E-state index is 0.114. The summed E-state index contributed by atoms with van der Waals surface area (Å²) in [5.74, 6) is 6.57. The highest BCUT2D eigenvalue weighted by Gasteiger charge is 2.23. The van der Waals surface area contributed by atoms with Gasteiger partial charge in [0.25, 0.3) is 0 Å². The molecule has 0 aliphatic heterocycles. The molecule has 27 heavy (non-hydrogen) atoms. The van der Waals surface area contributed by atoms with Crippen LogP contribution in [0.1, 0.15) is 26.6 Å². The van der Waals surface area contributed by atoms with Crippen LogP contribution in [0.2, 0.25) is 5.02 Å². The second-order valence-corrected chi connectivity index (χ2v) is 8.14. The van der Waals surface area contributed by atoms with E-state index in [4.69, 9.17) is 17.4 Å². The number of benzene rings is 1. The van der Waals surface area contributed by atoms with E-state index in [1.54, 1.807) is 29.2 Å². The molecule has 9 nitrogen and oxygen atoms in total. The Morgan fingerprint density at radius 3 is 2.74 bits per heavy atom. The first-order valence-corrected chi connectivity index (χ1v) is 9.40. The molecule has 2 heterocycles. The van der Waals surface area contributed by atoms with Crippen molar-refractivity contribution in [3.63, 3.8) is 0 Å². The second-order valence-electron chi connectivity index (χ2n) is 6.76. The molecule has 142 valence electrons. The van der Waals surface area contributed by atoms with Gasteiger partial charge in [-0.05, 0) is 18.2 Å². The summed E-state index contributed by atoms with van der Waals surface area (Å²) >= 11 is 7.26. The van der Waals surface area contributed by atoms with Gasteiger partial charge < -0.3 is 11.2 Å². The van der Waals surface area contributed by atoms with E-state index in [0.717, 1.165) is 0 Å². The van der Waals surface area contributed by atoms with Gasteiger partial charge in [-0.25, -0.2) is 14.3 Å². The van der Waals surface area contributed by atoms with E-state index in [1.807, 2.05) is 20.8 Å². The van der Waals surface area contributed by atoms with Crippen molar-refractivity contribution >= 4 is 35.0 Å². The number of nitrogens with zero attached hydrogens (tertiary/aromatic N) is 6. The fourth-order valence-electron chi connectivity index (χ4n) is 2.34. The van der Waals surface area contributed by atoms with E-state index in [9.17, 15) is 4.79 Å². The molecule has 3 N–H and O–H groups in total. The van der Waals surface area contributed by atoms with Crippen molar-refractivity contribution in [2.45, 2.75) is 31.3 Å². The Kier molecular flexibility index (Phi) is 5.38. The van der Waals surface area contributed by atoms with Gasteiger partial charge in [0.2, 0.25) is 11.1 Å². The molecule has 0 saturated heterocycles. The largest absolute Gasteiger partial charge is 0.336 e. The van der Waals surface area contributed by atoms with Crippen molar-refractivity contribution in [2.75, 3.05) is 16.9 Å². The monoisotopic (exact) mass is 406 g/mol. The van der Waals surface area contributed by atoms with E-state index in [1.165, 1.54) is 22.8 Å². The number of nitrogens with one attached hydrogen (secondary N) is 1. The maximum Gasteiger partial charge on any atom is 0.234 e. The third kappa shape index (κ3) is 4.40. The molecule has 0 bridgehead atoms. The van der Waals surface area contributed by atoms with Crippen LogP contribution in [-0.4, -0.2) is 41.3 Å². The lowest BCUT2D eigenvalue weighted by Crippen LogP contribution is -2.24. The molecule has 3 rings (SSSR count). The molecule has 0 saturated carbocycles. The van der Waals surface area contributed by atoms with Gasteiger partial charge >= 0.3 is 0 Å². The summed E-state index contributed by atoms with van der Waals surface area (Å²) < 4.78 is 2.96. The number of amides is 1. The molecule has 1 aromatic carbocycles. The van der Waals surface area contributed by atoms with Crippen molar-refractivity contribution in [1.82, 2.24) is 29.6 Å². The van der Waals surface area contributed by atoms with Gasteiger partial charge in [-0.1, -0.05) is 44.1 Å². The SMILES string of the molecule is CC(C)(C)c1nnc(SCC(=O)Nc2cc(Cl)ccc2-n2cncn2)n1N. The van der Waals surface area contributed by atoms with E-state index in [0.29, 0.717) is 27.4 Å². The number of halogens is 1. The van der Waals surface area contributed by atoms with Crippen molar-refractivity contribution in [3.8, 4) is 5.69 Å². The van der Waals surface area contributed by atoms with Crippen molar-refractivity contribution in [2.24, 2.45) is 0 Å². The number of anilines is 1. The molecular formula is C16H19ClN8OS. The third-order valence-corrected chi connectivity index (χ3v) is 4.74. The summed E-state index contributed by atoms with van der Waals surface area (Å²) in [6.07, 6.45) is 2.95. The fourth-order valence-corrected chi connectivity index (χ4v) is 3.17. The molecule has 11 heteroatoms. The Bertz CT molecular complexity index is 948. The summed E-state index contributed by atoms with van der Waals surface area (Å²) in [6.45, 7) is 5.98. The Labute approximate surface area is 165 Å². The number of carbonyl (C=O) groups is 1. The maximum atomic E-state index is 12.4. The van der Waals surface area contributed by atoms with Crippen LogP contribution in [0.5, 0.6) is 0 Å². The lowest BCUT2D eigenvalue weighted by Gasteiger charge is -2.16. The third-order valence-electron chi connectivity index (χ3n) is 3.57. The van der Waals surface area contributed by atoms with Gasteiger partial charge in [-0.2, -0.15) is 5.10 Å². The van der Waals surface area contributed by atoms with Crippen LogP contribution in [0.25, 0.3) is 5.69 Å². The van der Waals surface area contributed by atoms with Crippen molar-refractivity contribution in [1.29, 1.82) is 0 Å². The van der Waals surface area contributed by atoms with E-state index >= 15 is 0 Å². The molecule has 0 aliphatic carbocycles. The van der Waals surface area contributed by atoms with Gasteiger partial charge in [0, 0.05) is 10.4 Å². The minimum atomic E-state index is -0.240. The average molecular weight is 407 g/mol. The zero-order chi connectivity index (χ0) is 19.6. The molecule has 0 aliphatic rings. The lowest BCUT2D eigenvalue weighted by molar-refractivity contribution is -0.113. The van der Waals surface area contributed by atoms with Crippen molar-refractivity contribution in [3.05, 3.63) is 41.7 Å². The molecule has 1 amide bonds. The molecule has 0 radical (unpaired) electrons. The van der Waals surface area contributed by atoms with Crippen LogP contribution in [0, 0.1) is 0 Å². The minimum Gasteiger partial charge on any atom is -0.336 e. The average Bonchev–Trinajstić information content (AvgIpc) is 3.22. The summed E-state index contributed by atoms with van der Waals surface area (Å²) in [5, 5.41) is 16.1. The number of nitrogen functional groups attached to an aromatic ring is 1. The van der Waals surface area contributed by atoms with Crippen LogP contribution >= 0.6 is 23.4 Å². The lowest BCUT2D eigenvalue weighted by atomic mass is 9.96. The second kappa shape index (κ2) is 7.57. The fraction of sp³-hybridized carbons (Fsp3) is 0.312. The number of aromatic nitrogens is 6. The van der Waals surface area contributed by atoms with Crippen LogP contribution in [0.4, 0.5) is 5.69 Å². The van der Waals surface area contributed by atoms with E-state index in [-0.39, 0.29) is 17.1 Å². The van der Waals surface area contributed by atoms with Gasteiger partial charge in [-0.3, -0.25) is 4.79 Å². The molecular weight excluding hydrogens is 388 g/mol. The van der Waals surface area contributed by atoms with Crippen LogP contribution in [-0.2, 0) is 10.2 Å². The Balaban J connectivity index is 1.71. The molecule has 3 aromatic rings. The van der Waals surface area contributed by atoms with E-state index < -0.39 is 0 Å². The van der Waals surface area contributed by atoms with Gasteiger partial charge in [0.15, 0.2) is 5.82 Å². The summed E-state index contributed by atoms with van der Waals surface area (Å²) in [4.78, 5) is 16.3. The Hall–Kier alpha value is -2.59. The van der Waals surface area contributed by atoms with Gasteiger partial charge in [0.1, 0.15) is 12.7 Å². The summed E-state index contributed by atoms with van der Waals surface area (Å²) in [5.41, 5.74) is 0.950. The number of nitrogens with two attached hydrogens (primary N) is 1. The number of hydrogen-bond acceptors (Lipinski definition) is 7. The molecule has 0 atom stereocenters. The topological polar surface area (TPSA) is 117 Å². The van der Waals surface area contributed by atoms with Crippen LogP contribution in [0.3, 0.4) is 0 Å². The standard InChI is InChI=1S/C16H19ClN8OS/c1-16(2,3)14-22-23-15(25(14)18)27-7-13(26)21-11-6-10(17)4-5-12(11)24-9-19-8-20-24/h4-6,8-9H,7,18H2,1-3H3,(H,21,26). The predicted octanol–water partition coefficient (Wildman–Crippen LogP) is 2.25. The predicted molar refractivity (Wildman–Crippen MR) is 105 cm³/mol. The first-order chi connectivity index (χ1) is 12.8. The summed E-state index contributed by atoms with van der Waals surface area (Å²) in [7, 11) is 0. The number of thioether (sulfide) groups is 1. The normalized spacial score (nSPS) is 11.6. The molecule has 0 fully saturated rings. The van der Waals surface area contributed by atoms with Crippen molar-refractivity contribution < 1.29 is 4.79 Å². The highest BCUT2D eigenvalue weighted by molar-refractivity contribution is 7.99. The first-order valence-electron chi connectivity index (χ1n) is 8.04. The van der Waals surface area contributed by atoms with Crippen LogP contribution in [0.15, 0.2) is 36.0 Å². The van der Waals surface area contributed by atoms with E-state index in [2.05, 4.69) is 25.6 Å². The summed E-state index contributed by atoms with van der Waals surface area (Å²) in [6, 6.07) is 5.13. The van der Waals surface area contributed by atoms with Gasteiger partial charge in [-0.15, -0.1) is 10.2 Å². The number of carbonyl (C=O) groups excluding carboxylic acids is 1. The highest BCUT2D eigenvalue weighted by Crippen LogP contribution is 2.26. The first kappa shape index (κ1) is 19.2. The Morgan fingerprint density at radius 2 is 2.11 bits per heavy atom. The quantitative estimate of drug-likeness (QED) is 0.493. The molecule has 0 unspecified atom stereocenters. The Morgan fingerprint density at radius 1 is 1.33 bits per heavy atom. The zero-order valence-electron chi connectivity index (χ0n) is 15.0. The zero-order valence-corrected chi connectivity index (χ0v) is 16.6. The molecule has 2 aromatic heterocycles. The number of rotatable bonds is 5. The van der Waals surface area contributed by atoms with Crippen LogP contribution < -0.4 is 11.2 Å². The smallest absolute Gasteiger partial charge is 0.234 e. The molecule has 0 spiro atoms. The maximum absolute atomic E-state index is 12.4. The number of hydrogen-bond donors (Lipinski definition) is 2. The van der Waals surface area contributed by atoms with Gasteiger partial charge in [0.05, 0.1) is 17.1 Å².